The van der Waals surface area contributed by atoms with Gasteiger partial charge in [0.1, 0.15) is 17.6 Å². The summed E-state index contributed by atoms with van der Waals surface area (Å²) in [5, 5.41) is 2.55. The lowest BCUT2D eigenvalue weighted by molar-refractivity contribution is -0.142. The Morgan fingerprint density at radius 3 is 2.29 bits per heavy atom. The first-order chi connectivity index (χ1) is 13.2. The monoisotopic (exact) mass is 450 g/mol. The molecule has 7 heteroatoms. The highest BCUT2D eigenvalue weighted by atomic mass is 79.9. The molecule has 2 aromatic rings. The van der Waals surface area contributed by atoms with Gasteiger partial charge in [0.15, 0.2) is 6.61 Å². The molecule has 0 saturated carbocycles. The highest BCUT2D eigenvalue weighted by Crippen LogP contribution is 2.26. The van der Waals surface area contributed by atoms with E-state index in [2.05, 4.69) is 21.2 Å². The molecule has 0 bridgehead atoms. The van der Waals surface area contributed by atoms with E-state index in [1.807, 2.05) is 26.0 Å². The van der Waals surface area contributed by atoms with Crippen LogP contribution in [0.1, 0.15) is 23.6 Å². The van der Waals surface area contributed by atoms with E-state index >= 15 is 0 Å². The van der Waals surface area contributed by atoms with Crippen LogP contribution in [0, 0.1) is 19.7 Å². The van der Waals surface area contributed by atoms with Crippen molar-refractivity contribution in [2.75, 3.05) is 13.7 Å². The fourth-order valence-corrected chi connectivity index (χ4v) is 3.02. The number of likely N-dealkylation sites (N-methyl/N-ethyl adjacent to an activating group) is 1. The number of amides is 2. The molecule has 2 aromatic carbocycles. The van der Waals surface area contributed by atoms with Crippen molar-refractivity contribution < 1.29 is 18.7 Å². The standard InChI is InChI=1S/C21H24BrFN2O3/c1-13-9-18(10-14(2)20(13)22)28-12-19(26)25(15(3)21(27)24-4)11-16-5-7-17(23)8-6-16/h5-10,15H,11-12H2,1-4H3,(H,24,27). The second-order valence-corrected chi connectivity index (χ2v) is 7.39. The molecule has 0 radical (unpaired) electrons. The van der Waals surface area contributed by atoms with E-state index in [4.69, 9.17) is 4.74 Å². The lowest BCUT2D eigenvalue weighted by Crippen LogP contribution is -2.48. The summed E-state index contributed by atoms with van der Waals surface area (Å²) in [7, 11) is 1.52. The summed E-state index contributed by atoms with van der Waals surface area (Å²) in [6.07, 6.45) is 0. The largest absolute Gasteiger partial charge is 0.484 e. The van der Waals surface area contributed by atoms with Crippen molar-refractivity contribution in [1.29, 1.82) is 0 Å². The van der Waals surface area contributed by atoms with Crippen LogP contribution >= 0.6 is 15.9 Å². The second-order valence-electron chi connectivity index (χ2n) is 6.60. The Bertz CT molecular complexity index is 832. The van der Waals surface area contributed by atoms with Gasteiger partial charge in [0.05, 0.1) is 0 Å². The number of rotatable bonds is 7. The highest BCUT2D eigenvalue weighted by Gasteiger charge is 2.26. The number of hydrogen-bond donors (Lipinski definition) is 1. The third-order valence-electron chi connectivity index (χ3n) is 4.45. The molecule has 0 heterocycles. The lowest BCUT2D eigenvalue weighted by Gasteiger charge is -2.28. The molecule has 28 heavy (non-hydrogen) atoms. The Kier molecular flexibility index (Phi) is 7.57. The van der Waals surface area contributed by atoms with Gasteiger partial charge in [-0.05, 0) is 61.7 Å². The molecule has 0 aliphatic carbocycles. The zero-order valence-corrected chi connectivity index (χ0v) is 18.0. The summed E-state index contributed by atoms with van der Waals surface area (Å²) in [5.74, 6) is -0.393. The molecular formula is C21H24BrFN2O3. The summed E-state index contributed by atoms with van der Waals surface area (Å²) in [5.41, 5.74) is 2.73. The summed E-state index contributed by atoms with van der Waals surface area (Å²) in [6, 6.07) is 8.83. The van der Waals surface area contributed by atoms with Gasteiger partial charge in [-0.25, -0.2) is 4.39 Å². The van der Waals surface area contributed by atoms with Crippen LogP contribution in [0.15, 0.2) is 40.9 Å². The number of nitrogens with one attached hydrogen (secondary N) is 1. The van der Waals surface area contributed by atoms with Gasteiger partial charge in [-0.15, -0.1) is 0 Å². The topological polar surface area (TPSA) is 58.6 Å². The molecule has 1 unspecified atom stereocenters. The van der Waals surface area contributed by atoms with Gasteiger partial charge < -0.3 is 15.0 Å². The first-order valence-corrected chi connectivity index (χ1v) is 9.67. The second kappa shape index (κ2) is 9.68. The van der Waals surface area contributed by atoms with Crippen LogP contribution in [0.2, 0.25) is 0 Å². The van der Waals surface area contributed by atoms with Crippen LogP contribution in [0.5, 0.6) is 5.75 Å². The molecule has 0 fully saturated rings. The molecule has 0 saturated heterocycles. The molecule has 2 amide bonds. The average molecular weight is 451 g/mol. The molecule has 0 aliphatic rings. The van der Waals surface area contributed by atoms with E-state index in [1.54, 1.807) is 19.1 Å². The fourth-order valence-electron chi connectivity index (χ4n) is 2.80. The first-order valence-electron chi connectivity index (χ1n) is 8.88. The van der Waals surface area contributed by atoms with E-state index < -0.39 is 6.04 Å². The lowest BCUT2D eigenvalue weighted by atomic mass is 10.1. The third-order valence-corrected chi connectivity index (χ3v) is 5.70. The molecular weight excluding hydrogens is 427 g/mol. The van der Waals surface area contributed by atoms with Crippen LogP contribution < -0.4 is 10.1 Å². The first kappa shape index (κ1) is 21.9. The van der Waals surface area contributed by atoms with E-state index in [0.29, 0.717) is 5.75 Å². The Morgan fingerprint density at radius 2 is 1.75 bits per heavy atom. The molecule has 1 atom stereocenters. The minimum atomic E-state index is -0.695. The number of ether oxygens (including phenoxy) is 1. The van der Waals surface area contributed by atoms with Crippen molar-refractivity contribution in [2.24, 2.45) is 0 Å². The van der Waals surface area contributed by atoms with Gasteiger partial charge in [0, 0.05) is 18.1 Å². The van der Waals surface area contributed by atoms with E-state index in [0.717, 1.165) is 21.2 Å². The normalized spacial score (nSPS) is 11.6. The molecule has 5 nitrogen and oxygen atoms in total. The molecule has 0 aromatic heterocycles. The highest BCUT2D eigenvalue weighted by molar-refractivity contribution is 9.10. The number of hydrogen-bond acceptors (Lipinski definition) is 3. The summed E-state index contributed by atoms with van der Waals surface area (Å²) >= 11 is 3.50. The fraction of sp³-hybridized carbons (Fsp3) is 0.333. The molecule has 150 valence electrons. The van der Waals surface area contributed by atoms with E-state index in [1.165, 1.54) is 24.1 Å². The molecule has 1 N–H and O–H groups in total. The number of benzene rings is 2. The van der Waals surface area contributed by atoms with Crippen molar-refractivity contribution >= 4 is 27.7 Å². The van der Waals surface area contributed by atoms with Crippen LogP contribution in [0.4, 0.5) is 4.39 Å². The van der Waals surface area contributed by atoms with E-state index in [-0.39, 0.29) is 30.8 Å². The predicted molar refractivity (Wildman–Crippen MR) is 110 cm³/mol. The zero-order chi connectivity index (χ0) is 20.8. The zero-order valence-electron chi connectivity index (χ0n) is 16.4. The van der Waals surface area contributed by atoms with Gasteiger partial charge in [-0.1, -0.05) is 28.1 Å². The summed E-state index contributed by atoms with van der Waals surface area (Å²) in [6.45, 7) is 5.51. The van der Waals surface area contributed by atoms with Crippen LogP contribution in [-0.4, -0.2) is 36.4 Å². The number of carbonyl (C=O) groups excluding carboxylic acids is 2. The van der Waals surface area contributed by atoms with Gasteiger partial charge >= 0.3 is 0 Å². The van der Waals surface area contributed by atoms with Gasteiger partial charge in [0.25, 0.3) is 5.91 Å². The predicted octanol–water partition coefficient (Wildman–Crippen LogP) is 3.75. The SMILES string of the molecule is CNC(=O)C(C)N(Cc1ccc(F)cc1)C(=O)COc1cc(C)c(Br)c(C)c1. The van der Waals surface area contributed by atoms with Gasteiger partial charge in [-0.2, -0.15) is 0 Å². The van der Waals surface area contributed by atoms with Gasteiger partial charge in [-0.3, -0.25) is 9.59 Å². The Morgan fingerprint density at radius 1 is 1.18 bits per heavy atom. The van der Waals surface area contributed by atoms with Crippen LogP contribution in [0.25, 0.3) is 0 Å². The molecule has 2 rings (SSSR count). The number of carbonyl (C=O) groups is 2. The minimum Gasteiger partial charge on any atom is -0.484 e. The van der Waals surface area contributed by atoms with Gasteiger partial charge in [0.2, 0.25) is 5.91 Å². The molecule has 0 spiro atoms. The minimum absolute atomic E-state index is 0.176. The Balaban J connectivity index is 2.16. The number of nitrogens with zero attached hydrogens (tertiary/aromatic N) is 1. The summed E-state index contributed by atoms with van der Waals surface area (Å²) < 4.78 is 19.8. The smallest absolute Gasteiger partial charge is 0.261 e. The Hall–Kier alpha value is -2.41. The van der Waals surface area contributed by atoms with E-state index in [9.17, 15) is 14.0 Å². The van der Waals surface area contributed by atoms with Crippen molar-refractivity contribution in [3.63, 3.8) is 0 Å². The maximum atomic E-state index is 13.2. The summed E-state index contributed by atoms with van der Waals surface area (Å²) in [4.78, 5) is 26.3. The van der Waals surface area contributed by atoms with Crippen molar-refractivity contribution in [3.05, 3.63) is 63.4 Å². The Labute approximate surface area is 173 Å². The van der Waals surface area contributed by atoms with Crippen molar-refractivity contribution in [2.45, 2.75) is 33.4 Å². The molecule has 0 aliphatic heterocycles. The van der Waals surface area contributed by atoms with Crippen LogP contribution in [0.3, 0.4) is 0 Å². The maximum absolute atomic E-state index is 13.2. The average Bonchev–Trinajstić information content (AvgIpc) is 2.68. The quantitative estimate of drug-likeness (QED) is 0.698. The maximum Gasteiger partial charge on any atom is 0.261 e. The van der Waals surface area contributed by atoms with Crippen LogP contribution in [-0.2, 0) is 16.1 Å². The number of halogens is 2. The number of aryl methyl sites for hydroxylation is 2. The van der Waals surface area contributed by atoms with Crippen molar-refractivity contribution in [3.8, 4) is 5.75 Å². The third kappa shape index (κ3) is 5.55. The van der Waals surface area contributed by atoms with Crippen molar-refractivity contribution in [1.82, 2.24) is 10.2 Å².